The van der Waals surface area contributed by atoms with Crippen molar-refractivity contribution in [3.63, 3.8) is 0 Å². The molecule has 0 aromatic carbocycles. The lowest BCUT2D eigenvalue weighted by atomic mass is 10.2. The Balaban J connectivity index is 4.21. The summed E-state index contributed by atoms with van der Waals surface area (Å²) >= 11 is 0. The zero-order valence-electron chi connectivity index (χ0n) is 7.08. The van der Waals surface area contributed by atoms with Gasteiger partial charge in [0.1, 0.15) is 6.07 Å². The second kappa shape index (κ2) is 3.72. The van der Waals surface area contributed by atoms with Crippen molar-refractivity contribution in [3.05, 3.63) is 0 Å². The molecule has 66 valence electrons. The summed E-state index contributed by atoms with van der Waals surface area (Å²) in [6, 6.07) is 1.70. The Morgan fingerprint density at radius 2 is 1.83 bits per heavy atom. The molecule has 0 radical (unpaired) electrons. The zero-order valence-corrected chi connectivity index (χ0v) is 7.08. The SMILES string of the molecule is COC(=O)C(=O)OC(C)(C)C#N. The maximum Gasteiger partial charge on any atom is 0.419 e. The first-order valence-corrected chi connectivity index (χ1v) is 3.15. The summed E-state index contributed by atoms with van der Waals surface area (Å²) in [5.41, 5.74) is -1.30. The van der Waals surface area contributed by atoms with Crippen LogP contribution >= 0.6 is 0 Å². The molecule has 12 heavy (non-hydrogen) atoms. The highest BCUT2D eigenvalue weighted by molar-refractivity contribution is 6.29. The summed E-state index contributed by atoms with van der Waals surface area (Å²) in [5, 5.41) is 8.42. The van der Waals surface area contributed by atoms with E-state index >= 15 is 0 Å². The molecule has 0 unspecified atom stereocenters. The predicted octanol–water partition coefficient (Wildman–Crippen LogP) is 0.00478. The van der Waals surface area contributed by atoms with Crippen LogP contribution in [0.15, 0.2) is 0 Å². The second-order valence-electron chi connectivity index (χ2n) is 2.50. The summed E-state index contributed by atoms with van der Waals surface area (Å²) < 4.78 is 8.54. The van der Waals surface area contributed by atoms with Crippen LogP contribution in [-0.4, -0.2) is 24.6 Å². The van der Waals surface area contributed by atoms with Gasteiger partial charge in [0.15, 0.2) is 5.60 Å². The third-order valence-corrected chi connectivity index (χ3v) is 0.969. The highest BCUT2D eigenvalue weighted by Gasteiger charge is 2.26. The van der Waals surface area contributed by atoms with E-state index in [9.17, 15) is 9.59 Å². The number of nitriles is 1. The zero-order chi connectivity index (χ0) is 9.78. The Bertz CT molecular complexity index is 238. The molecule has 0 saturated heterocycles. The molecule has 0 amide bonds. The molecule has 0 aliphatic carbocycles. The van der Waals surface area contributed by atoms with Gasteiger partial charge >= 0.3 is 11.9 Å². The van der Waals surface area contributed by atoms with Crippen LogP contribution in [0.3, 0.4) is 0 Å². The number of methoxy groups -OCH3 is 1. The standard InChI is InChI=1S/C7H9NO4/c1-7(2,4-8)12-6(10)5(9)11-3/h1-3H3. The Hall–Kier alpha value is -1.57. The van der Waals surface area contributed by atoms with E-state index in [0.717, 1.165) is 7.11 Å². The third-order valence-electron chi connectivity index (χ3n) is 0.969. The van der Waals surface area contributed by atoms with E-state index < -0.39 is 17.5 Å². The van der Waals surface area contributed by atoms with Gasteiger partial charge < -0.3 is 9.47 Å². The van der Waals surface area contributed by atoms with Crippen LogP contribution in [-0.2, 0) is 19.1 Å². The minimum absolute atomic E-state index is 1.06. The highest BCUT2D eigenvalue weighted by atomic mass is 16.6. The Labute approximate surface area is 69.9 Å². The van der Waals surface area contributed by atoms with Crippen LogP contribution in [0.25, 0.3) is 0 Å². The lowest BCUT2D eigenvalue weighted by Crippen LogP contribution is -2.30. The van der Waals surface area contributed by atoms with Crippen molar-refractivity contribution in [1.29, 1.82) is 5.26 Å². The van der Waals surface area contributed by atoms with Crippen LogP contribution in [0.2, 0.25) is 0 Å². The van der Waals surface area contributed by atoms with E-state index in [1.165, 1.54) is 13.8 Å². The first-order chi connectivity index (χ1) is 5.43. The molecule has 0 aliphatic rings. The van der Waals surface area contributed by atoms with Gasteiger partial charge in [-0.1, -0.05) is 0 Å². The monoisotopic (exact) mass is 171 g/mol. The van der Waals surface area contributed by atoms with Gasteiger partial charge in [-0.3, -0.25) is 0 Å². The fraction of sp³-hybridized carbons (Fsp3) is 0.571. The van der Waals surface area contributed by atoms with E-state index in [-0.39, 0.29) is 0 Å². The predicted molar refractivity (Wildman–Crippen MR) is 37.8 cm³/mol. The van der Waals surface area contributed by atoms with Crippen LogP contribution in [0.4, 0.5) is 0 Å². The number of rotatable bonds is 1. The van der Waals surface area contributed by atoms with E-state index in [1.54, 1.807) is 6.07 Å². The maximum absolute atomic E-state index is 10.7. The van der Waals surface area contributed by atoms with Gasteiger partial charge in [0.25, 0.3) is 0 Å². The van der Waals surface area contributed by atoms with Gasteiger partial charge in [0.05, 0.1) is 7.11 Å². The molecule has 5 heteroatoms. The van der Waals surface area contributed by atoms with E-state index in [0.29, 0.717) is 0 Å². The molecule has 0 saturated carbocycles. The summed E-state index contributed by atoms with van der Waals surface area (Å²) in [7, 11) is 1.06. The van der Waals surface area contributed by atoms with Crippen molar-refractivity contribution in [2.45, 2.75) is 19.4 Å². The summed E-state index contributed by atoms with van der Waals surface area (Å²) in [4.78, 5) is 21.2. The number of esters is 2. The summed E-state index contributed by atoms with van der Waals surface area (Å²) in [6.07, 6.45) is 0. The smallest absolute Gasteiger partial charge is 0.419 e. The van der Waals surface area contributed by atoms with Crippen molar-refractivity contribution < 1.29 is 19.1 Å². The molecule has 5 nitrogen and oxygen atoms in total. The number of hydrogen-bond acceptors (Lipinski definition) is 5. The normalized spacial score (nSPS) is 9.83. The molecule has 0 aromatic rings. The fourth-order valence-electron chi connectivity index (χ4n) is 0.380. The molecule has 0 aromatic heterocycles. The van der Waals surface area contributed by atoms with E-state index in [1.807, 2.05) is 0 Å². The number of nitrogens with zero attached hydrogens (tertiary/aromatic N) is 1. The van der Waals surface area contributed by atoms with Crippen LogP contribution < -0.4 is 0 Å². The van der Waals surface area contributed by atoms with Gasteiger partial charge in [0.2, 0.25) is 0 Å². The average Bonchev–Trinajstić information content (AvgIpc) is 2.02. The quantitative estimate of drug-likeness (QED) is 0.410. The van der Waals surface area contributed by atoms with Gasteiger partial charge in [-0.05, 0) is 13.8 Å². The van der Waals surface area contributed by atoms with E-state index in [4.69, 9.17) is 5.26 Å². The van der Waals surface area contributed by atoms with Crippen molar-refractivity contribution >= 4 is 11.9 Å². The topological polar surface area (TPSA) is 76.4 Å². The molecule has 0 rings (SSSR count). The molecule has 0 heterocycles. The minimum Gasteiger partial charge on any atom is -0.461 e. The van der Waals surface area contributed by atoms with Crippen LogP contribution in [0.5, 0.6) is 0 Å². The molecular formula is C7H9NO4. The molecule has 0 N–H and O–H groups in total. The minimum atomic E-state index is -1.30. The summed E-state index contributed by atoms with van der Waals surface area (Å²) in [5.74, 6) is -2.28. The average molecular weight is 171 g/mol. The Morgan fingerprint density at radius 1 is 1.33 bits per heavy atom. The number of carbonyl (C=O) groups is 2. The van der Waals surface area contributed by atoms with Crippen LogP contribution in [0.1, 0.15) is 13.8 Å². The highest BCUT2D eigenvalue weighted by Crippen LogP contribution is 2.07. The summed E-state index contributed by atoms with van der Waals surface area (Å²) in [6.45, 7) is 2.74. The molecular weight excluding hydrogens is 162 g/mol. The fourth-order valence-corrected chi connectivity index (χ4v) is 0.380. The Kier molecular flexibility index (Phi) is 3.23. The van der Waals surface area contributed by atoms with Gasteiger partial charge in [-0.2, -0.15) is 5.26 Å². The second-order valence-corrected chi connectivity index (χ2v) is 2.50. The Morgan fingerprint density at radius 3 is 2.17 bits per heavy atom. The van der Waals surface area contributed by atoms with Gasteiger partial charge in [-0.25, -0.2) is 9.59 Å². The maximum atomic E-state index is 10.7. The first kappa shape index (κ1) is 10.4. The number of carbonyl (C=O) groups excluding carboxylic acids is 2. The number of hydrogen-bond donors (Lipinski definition) is 0. The molecule has 0 aliphatic heterocycles. The van der Waals surface area contributed by atoms with Crippen molar-refractivity contribution in [2.75, 3.05) is 7.11 Å². The molecule has 0 bridgehead atoms. The van der Waals surface area contributed by atoms with Gasteiger partial charge in [-0.15, -0.1) is 0 Å². The molecule has 0 spiro atoms. The molecule has 0 fully saturated rings. The van der Waals surface area contributed by atoms with Gasteiger partial charge in [0, 0.05) is 0 Å². The first-order valence-electron chi connectivity index (χ1n) is 3.15. The van der Waals surface area contributed by atoms with Crippen molar-refractivity contribution in [2.24, 2.45) is 0 Å². The third kappa shape index (κ3) is 3.01. The lowest BCUT2D eigenvalue weighted by molar-refractivity contribution is -0.171. The molecule has 0 atom stereocenters. The van der Waals surface area contributed by atoms with Crippen molar-refractivity contribution in [3.8, 4) is 6.07 Å². The largest absolute Gasteiger partial charge is 0.461 e. The number of ether oxygens (including phenoxy) is 2. The van der Waals surface area contributed by atoms with Crippen molar-refractivity contribution in [1.82, 2.24) is 0 Å². The van der Waals surface area contributed by atoms with Crippen LogP contribution in [0, 0.1) is 11.3 Å². The lowest BCUT2D eigenvalue weighted by Gasteiger charge is -2.14. The van der Waals surface area contributed by atoms with E-state index in [2.05, 4.69) is 9.47 Å².